The number of alkyl halides is 1. The number of amides is 1. The number of hydrogen-bond acceptors (Lipinski definition) is 5. The zero-order valence-electron chi connectivity index (χ0n) is 22.5. The van der Waals surface area contributed by atoms with Crippen molar-refractivity contribution >= 4 is 11.6 Å². The Kier molecular flexibility index (Phi) is 10.7. The Balaban J connectivity index is 2.57. The molecule has 0 aliphatic carbocycles. The van der Waals surface area contributed by atoms with E-state index in [9.17, 15) is 9.18 Å². The lowest BCUT2D eigenvalue weighted by Gasteiger charge is -2.23. The van der Waals surface area contributed by atoms with Crippen LogP contribution >= 0.6 is 0 Å². The van der Waals surface area contributed by atoms with Gasteiger partial charge in [0.2, 0.25) is 6.86 Å². The summed E-state index contributed by atoms with van der Waals surface area (Å²) >= 11 is 0. The number of likely N-dealkylation sites (N-methyl/N-ethyl adjacent to an activating group) is 1. The van der Waals surface area contributed by atoms with Crippen molar-refractivity contribution in [3.8, 4) is 11.5 Å². The lowest BCUT2D eigenvalue weighted by molar-refractivity contribution is -0.124. The summed E-state index contributed by atoms with van der Waals surface area (Å²) in [4.78, 5) is 21.1. The molecule has 36 heavy (non-hydrogen) atoms. The van der Waals surface area contributed by atoms with Crippen molar-refractivity contribution in [1.29, 1.82) is 0 Å². The summed E-state index contributed by atoms with van der Waals surface area (Å²) in [7, 11) is 6.92. The number of nitrogens with zero attached hydrogens (tertiary/aromatic N) is 3. The fourth-order valence-corrected chi connectivity index (χ4v) is 3.88. The van der Waals surface area contributed by atoms with Crippen LogP contribution in [0.2, 0.25) is 0 Å². The van der Waals surface area contributed by atoms with Crippen molar-refractivity contribution in [2.24, 2.45) is 10.9 Å². The normalized spacial score (nSPS) is 12.9. The zero-order chi connectivity index (χ0) is 26.8. The van der Waals surface area contributed by atoms with Crippen LogP contribution in [0.1, 0.15) is 30.5 Å². The molecule has 2 aromatic carbocycles. The number of rotatable bonds is 12. The van der Waals surface area contributed by atoms with E-state index in [4.69, 9.17) is 14.5 Å². The van der Waals surface area contributed by atoms with Gasteiger partial charge in [0, 0.05) is 33.3 Å². The third kappa shape index (κ3) is 7.70. The molecule has 0 aliphatic rings. The number of aliphatic imine (C=N–C) groups is 1. The summed E-state index contributed by atoms with van der Waals surface area (Å²) in [5.41, 5.74) is 4.52. The highest BCUT2D eigenvalue weighted by Crippen LogP contribution is 2.24. The topological polar surface area (TPSA) is 54.4 Å². The first-order valence-corrected chi connectivity index (χ1v) is 11.9. The molecule has 194 valence electrons. The maximum absolute atomic E-state index is 12.8. The van der Waals surface area contributed by atoms with Crippen LogP contribution in [0.4, 0.5) is 4.39 Å². The van der Waals surface area contributed by atoms with Crippen molar-refractivity contribution in [3.05, 3.63) is 83.3 Å². The van der Waals surface area contributed by atoms with Crippen molar-refractivity contribution in [2.75, 3.05) is 35.1 Å². The first-order chi connectivity index (χ1) is 17.1. The lowest BCUT2D eigenvalue weighted by Crippen LogP contribution is -2.26. The number of benzene rings is 2. The third-order valence-electron chi connectivity index (χ3n) is 6.01. The van der Waals surface area contributed by atoms with Gasteiger partial charge in [-0.3, -0.25) is 4.79 Å². The second kappa shape index (κ2) is 13.5. The minimum Gasteiger partial charge on any atom is -0.496 e. The standard InChI is InChI=1S/C29H38FN3O3/c1-9-33(7)28(22(4)29(34)32(5)6)31-26(17-23-11-10-12-25(16-23)36-19-30)21(3)15-24-14-13-20(2)27(18-24)35-8/h9-14,16,18,21H,1,15,17,19H2,2-8H3/b28-22-,31-26-. The maximum Gasteiger partial charge on any atom is 0.252 e. The monoisotopic (exact) mass is 495 g/mol. The van der Waals surface area contributed by atoms with Crippen LogP contribution in [0, 0.1) is 12.8 Å². The number of hydrogen-bond donors (Lipinski definition) is 0. The predicted octanol–water partition coefficient (Wildman–Crippen LogP) is 5.57. The molecular weight excluding hydrogens is 457 g/mol. The first kappa shape index (κ1) is 28.6. The fourth-order valence-electron chi connectivity index (χ4n) is 3.88. The Morgan fingerprint density at radius 2 is 1.89 bits per heavy atom. The van der Waals surface area contributed by atoms with E-state index in [-0.39, 0.29) is 11.8 Å². The second-order valence-corrected chi connectivity index (χ2v) is 9.03. The first-order valence-electron chi connectivity index (χ1n) is 11.9. The van der Waals surface area contributed by atoms with Gasteiger partial charge in [-0.15, -0.1) is 0 Å². The molecule has 0 fully saturated rings. The van der Waals surface area contributed by atoms with Crippen LogP contribution in [0.25, 0.3) is 0 Å². The molecule has 0 bridgehead atoms. The van der Waals surface area contributed by atoms with Gasteiger partial charge >= 0.3 is 0 Å². The maximum atomic E-state index is 12.8. The fraction of sp³-hybridized carbons (Fsp3) is 0.379. The van der Waals surface area contributed by atoms with E-state index in [1.165, 1.54) is 4.90 Å². The van der Waals surface area contributed by atoms with Crippen LogP contribution < -0.4 is 9.47 Å². The average Bonchev–Trinajstić information content (AvgIpc) is 2.86. The van der Waals surface area contributed by atoms with Crippen molar-refractivity contribution in [3.63, 3.8) is 0 Å². The molecule has 1 atom stereocenters. The zero-order valence-corrected chi connectivity index (χ0v) is 22.5. The van der Waals surface area contributed by atoms with Crippen molar-refractivity contribution in [1.82, 2.24) is 9.80 Å². The van der Waals surface area contributed by atoms with Crippen molar-refractivity contribution < 1.29 is 18.7 Å². The van der Waals surface area contributed by atoms with Gasteiger partial charge in [0.15, 0.2) is 0 Å². The molecule has 0 saturated heterocycles. The van der Waals surface area contributed by atoms with E-state index in [1.807, 2.05) is 44.3 Å². The molecule has 1 unspecified atom stereocenters. The summed E-state index contributed by atoms with van der Waals surface area (Å²) in [5, 5.41) is 0. The lowest BCUT2D eigenvalue weighted by atomic mass is 9.91. The van der Waals surface area contributed by atoms with Gasteiger partial charge in [-0.1, -0.05) is 37.8 Å². The molecule has 2 rings (SSSR count). The predicted molar refractivity (Wildman–Crippen MR) is 144 cm³/mol. The van der Waals surface area contributed by atoms with E-state index >= 15 is 0 Å². The van der Waals surface area contributed by atoms with E-state index in [0.717, 1.165) is 34.6 Å². The van der Waals surface area contributed by atoms with Crippen molar-refractivity contribution in [2.45, 2.75) is 33.6 Å². The summed E-state index contributed by atoms with van der Waals surface area (Å²) < 4.78 is 23.3. The van der Waals surface area contributed by atoms with Gasteiger partial charge < -0.3 is 19.3 Å². The number of ether oxygens (including phenoxy) is 2. The van der Waals surface area contributed by atoms with E-state index < -0.39 is 6.86 Å². The molecule has 0 N–H and O–H groups in total. The van der Waals surface area contributed by atoms with Crippen LogP contribution in [-0.2, 0) is 17.6 Å². The molecule has 1 amide bonds. The molecule has 0 aromatic heterocycles. The molecule has 0 radical (unpaired) electrons. The van der Waals surface area contributed by atoms with Crippen LogP contribution in [0.3, 0.4) is 0 Å². The number of carbonyl (C=O) groups excluding carboxylic acids is 1. The highest BCUT2D eigenvalue weighted by atomic mass is 19.1. The summed E-state index contributed by atoms with van der Waals surface area (Å²) in [6.45, 7) is 8.87. The molecule has 0 saturated carbocycles. The third-order valence-corrected chi connectivity index (χ3v) is 6.01. The molecular formula is C29H38FN3O3. The smallest absolute Gasteiger partial charge is 0.252 e. The van der Waals surface area contributed by atoms with E-state index in [1.54, 1.807) is 45.3 Å². The minimum atomic E-state index is -0.890. The van der Waals surface area contributed by atoms with Crippen LogP contribution in [0.15, 0.2) is 71.6 Å². The Bertz CT molecular complexity index is 1120. The van der Waals surface area contributed by atoms with Gasteiger partial charge in [0.25, 0.3) is 5.91 Å². The highest BCUT2D eigenvalue weighted by molar-refractivity contribution is 5.95. The number of carbonyl (C=O) groups is 1. The van der Waals surface area contributed by atoms with Crippen LogP contribution in [0.5, 0.6) is 11.5 Å². The van der Waals surface area contributed by atoms with Gasteiger partial charge in [-0.05, 0) is 67.3 Å². The molecule has 0 spiro atoms. The molecule has 0 heterocycles. The summed E-state index contributed by atoms with van der Waals surface area (Å²) in [6.07, 6.45) is 2.86. The van der Waals surface area contributed by atoms with Crippen LogP contribution in [-0.4, -0.2) is 56.5 Å². The van der Waals surface area contributed by atoms with Gasteiger partial charge in [0.05, 0.1) is 12.7 Å². The summed E-state index contributed by atoms with van der Waals surface area (Å²) in [5.74, 6) is 1.73. The molecule has 7 heteroatoms. The van der Waals surface area contributed by atoms with Gasteiger partial charge in [-0.2, -0.15) is 0 Å². The molecule has 2 aromatic rings. The number of methoxy groups -OCH3 is 1. The highest BCUT2D eigenvalue weighted by Gasteiger charge is 2.19. The van der Waals surface area contributed by atoms with E-state index in [0.29, 0.717) is 23.6 Å². The van der Waals surface area contributed by atoms with Gasteiger partial charge in [0.1, 0.15) is 17.3 Å². The molecule has 6 nitrogen and oxygen atoms in total. The SMILES string of the molecule is C=CN(C)C(/N=C(/Cc1cccc(OCF)c1)C(C)Cc1ccc(C)c(OC)c1)=C(/C)C(=O)N(C)C. The average molecular weight is 496 g/mol. The Morgan fingerprint density at radius 3 is 2.50 bits per heavy atom. The Hall–Kier alpha value is -3.61. The largest absolute Gasteiger partial charge is 0.496 e. The van der Waals surface area contributed by atoms with E-state index in [2.05, 4.69) is 19.6 Å². The Morgan fingerprint density at radius 1 is 1.17 bits per heavy atom. The number of aryl methyl sites for hydroxylation is 1. The second-order valence-electron chi connectivity index (χ2n) is 9.03. The van der Waals surface area contributed by atoms with Gasteiger partial charge in [-0.25, -0.2) is 9.38 Å². The quantitative estimate of drug-likeness (QED) is 0.286. The summed E-state index contributed by atoms with van der Waals surface area (Å²) in [6, 6.07) is 13.5. The molecule has 0 aliphatic heterocycles. The number of halogens is 1. The minimum absolute atomic E-state index is 0.0265. The Labute approximate surface area is 214 Å².